The van der Waals surface area contributed by atoms with Gasteiger partial charge in [-0.25, -0.2) is 8.42 Å². The minimum atomic E-state index is -3.52. The Morgan fingerprint density at radius 1 is 1.08 bits per heavy atom. The fourth-order valence-electron chi connectivity index (χ4n) is 3.70. The van der Waals surface area contributed by atoms with Crippen LogP contribution in [0.2, 0.25) is 0 Å². The van der Waals surface area contributed by atoms with Crippen molar-refractivity contribution in [3.63, 3.8) is 0 Å². The molecule has 2 aliphatic rings. The minimum absolute atomic E-state index is 0.00681. The van der Waals surface area contributed by atoms with Gasteiger partial charge >= 0.3 is 0 Å². The Kier molecular flexibility index (Phi) is 3.91. The maximum atomic E-state index is 13.2. The topological polar surface area (TPSA) is 66.9 Å². The van der Waals surface area contributed by atoms with E-state index in [0.29, 0.717) is 11.4 Å². The first kappa shape index (κ1) is 16.9. The molecule has 0 aliphatic carbocycles. The average Bonchev–Trinajstić information content (AvgIpc) is 2.95. The largest absolute Gasteiger partial charge is 0.476 e. The molecule has 0 saturated carbocycles. The number of fused-ring (bicyclic) bond motifs is 2. The predicted octanol–water partition coefficient (Wildman–Crippen LogP) is 2.19. The van der Waals surface area contributed by atoms with Crippen LogP contribution in [0.25, 0.3) is 0 Å². The summed E-state index contributed by atoms with van der Waals surface area (Å²) in [7, 11) is -3.52. The molecule has 136 valence electrons. The number of sulfonamides is 1. The van der Waals surface area contributed by atoms with Crippen LogP contribution in [0.15, 0.2) is 48.5 Å². The van der Waals surface area contributed by atoms with E-state index in [-0.39, 0.29) is 18.5 Å². The fourth-order valence-corrected chi connectivity index (χ4v) is 4.62. The molecule has 4 rings (SSSR count). The third-order valence-electron chi connectivity index (χ3n) is 4.86. The Hall–Kier alpha value is -2.54. The van der Waals surface area contributed by atoms with E-state index in [1.165, 1.54) is 4.31 Å². The summed E-state index contributed by atoms with van der Waals surface area (Å²) in [5.41, 5.74) is 2.46. The van der Waals surface area contributed by atoms with Gasteiger partial charge in [-0.1, -0.05) is 30.3 Å². The molecule has 0 fully saturated rings. The van der Waals surface area contributed by atoms with Crippen LogP contribution in [-0.2, 0) is 21.2 Å². The van der Waals surface area contributed by atoms with E-state index in [2.05, 4.69) is 0 Å². The molecule has 0 unspecified atom stereocenters. The van der Waals surface area contributed by atoms with Gasteiger partial charge in [0.15, 0.2) is 6.10 Å². The Morgan fingerprint density at radius 2 is 1.73 bits per heavy atom. The number of carbonyl (C=O) groups is 1. The van der Waals surface area contributed by atoms with E-state index in [0.717, 1.165) is 23.9 Å². The highest BCUT2D eigenvalue weighted by Gasteiger charge is 2.40. The van der Waals surface area contributed by atoms with E-state index in [4.69, 9.17) is 4.74 Å². The van der Waals surface area contributed by atoms with E-state index >= 15 is 0 Å². The van der Waals surface area contributed by atoms with Gasteiger partial charge in [0.1, 0.15) is 5.75 Å². The molecule has 26 heavy (non-hydrogen) atoms. The number of nitrogens with zero attached hydrogens (tertiary/aromatic N) is 2. The fraction of sp³-hybridized carbons (Fsp3) is 0.316. The van der Waals surface area contributed by atoms with Crippen LogP contribution in [0.3, 0.4) is 0 Å². The molecule has 2 heterocycles. The molecule has 0 bridgehead atoms. The Balaban J connectivity index is 1.70. The number of rotatable bonds is 2. The zero-order valence-corrected chi connectivity index (χ0v) is 15.4. The number of para-hydroxylation sites is 3. The summed E-state index contributed by atoms with van der Waals surface area (Å²) in [6.45, 7) is 1.96. The van der Waals surface area contributed by atoms with Crippen molar-refractivity contribution in [1.82, 2.24) is 0 Å². The van der Waals surface area contributed by atoms with Gasteiger partial charge in [-0.2, -0.15) is 0 Å². The SMILES string of the molecule is C[C@H]1Cc2ccccc2N1C(=O)[C@@H]1CN(S(C)(=O)=O)c2ccccc2O1. The normalized spacial score (nSPS) is 21.8. The summed E-state index contributed by atoms with van der Waals surface area (Å²) in [6, 6.07) is 14.7. The molecule has 0 aromatic heterocycles. The lowest BCUT2D eigenvalue weighted by molar-refractivity contribution is -0.125. The predicted molar refractivity (Wildman–Crippen MR) is 100 cm³/mol. The van der Waals surface area contributed by atoms with Crippen molar-refractivity contribution in [2.24, 2.45) is 0 Å². The molecule has 0 saturated heterocycles. The molecule has 2 aliphatic heterocycles. The van der Waals surface area contributed by atoms with Crippen molar-refractivity contribution >= 4 is 27.3 Å². The van der Waals surface area contributed by atoms with E-state index in [9.17, 15) is 13.2 Å². The van der Waals surface area contributed by atoms with Gasteiger partial charge in [0, 0.05) is 11.7 Å². The summed E-state index contributed by atoms with van der Waals surface area (Å²) in [4.78, 5) is 15.0. The number of hydrogen-bond donors (Lipinski definition) is 0. The van der Waals surface area contributed by atoms with Crippen LogP contribution in [0.1, 0.15) is 12.5 Å². The summed E-state index contributed by atoms with van der Waals surface area (Å²) in [5, 5.41) is 0. The summed E-state index contributed by atoms with van der Waals surface area (Å²) in [5.74, 6) is 0.188. The number of benzene rings is 2. The van der Waals surface area contributed by atoms with Crippen LogP contribution in [0.4, 0.5) is 11.4 Å². The average molecular weight is 372 g/mol. The number of amides is 1. The summed E-state index contributed by atoms with van der Waals surface area (Å²) in [6.07, 6.45) is 1.04. The second-order valence-corrected chi connectivity index (χ2v) is 8.67. The number of carbonyl (C=O) groups excluding carboxylic acids is 1. The maximum Gasteiger partial charge on any atom is 0.270 e. The first-order valence-electron chi connectivity index (χ1n) is 8.50. The van der Waals surface area contributed by atoms with E-state index < -0.39 is 16.1 Å². The molecular formula is C19H20N2O4S. The van der Waals surface area contributed by atoms with E-state index in [1.807, 2.05) is 31.2 Å². The molecule has 0 N–H and O–H groups in total. The van der Waals surface area contributed by atoms with Gasteiger partial charge in [-0.15, -0.1) is 0 Å². The van der Waals surface area contributed by atoms with Crippen molar-refractivity contribution in [1.29, 1.82) is 0 Å². The highest BCUT2D eigenvalue weighted by atomic mass is 32.2. The molecular weight excluding hydrogens is 352 g/mol. The Bertz CT molecular complexity index is 973. The summed E-state index contributed by atoms with van der Waals surface area (Å²) < 4.78 is 31.6. The van der Waals surface area contributed by atoms with Gasteiger partial charge in [0.2, 0.25) is 10.0 Å². The first-order chi connectivity index (χ1) is 12.4. The third kappa shape index (κ3) is 2.72. The van der Waals surface area contributed by atoms with Crippen molar-refractivity contribution in [2.75, 3.05) is 22.0 Å². The minimum Gasteiger partial charge on any atom is -0.476 e. The second-order valence-electron chi connectivity index (χ2n) is 6.76. The smallest absolute Gasteiger partial charge is 0.270 e. The van der Waals surface area contributed by atoms with Crippen LogP contribution in [0.5, 0.6) is 5.75 Å². The first-order valence-corrected chi connectivity index (χ1v) is 10.4. The molecule has 2 atom stereocenters. The van der Waals surface area contributed by atoms with Gasteiger partial charge in [0.25, 0.3) is 5.91 Å². The maximum absolute atomic E-state index is 13.2. The quantitative estimate of drug-likeness (QED) is 0.811. The Morgan fingerprint density at radius 3 is 2.46 bits per heavy atom. The third-order valence-corrected chi connectivity index (χ3v) is 6.00. The molecule has 2 aromatic carbocycles. The van der Waals surface area contributed by atoms with Gasteiger partial charge < -0.3 is 9.64 Å². The van der Waals surface area contributed by atoms with Crippen LogP contribution in [-0.4, -0.2) is 39.3 Å². The van der Waals surface area contributed by atoms with Crippen LogP contribution < -0.4 is 13.9 Å². The van der Waals surface area contributed by atoms with Gasteiger partial charge in [0.05, 0.1) is 18.5 Å². The van der Waals surface area contributed by atoms with Gasteiger partial charge in [-0.3, -0.25) is 9.10 Å². The lowest BCUT2D eigenvalue weighted by Gasteiger charge is -2.36. The molecule has 1 amide bonds. The van der Waals surface area contributed by atoms with Crippen LogP contribution >= 0.6 is 0 Å². The van der Waals surface area contributed by atoms with Crippen molar-refractivity contribution < 1.29 is 17.9 Å². The molecule has 6 nitrogen and oxygen atoms in total. The zero-order chi connectivity index (χ0) is 18.5. The molecule has 0 spiro atoms. The van der Waals surface area contributed by atoms with Crippen LogP contribution in [0, 0.1) is 0 Å². The molecule has 7 heteroatoms. The lowest BCUT2D eigenvalue weighted by Crippen LogP contribution is -2.53. The van der Waals surface area contributed by atoms with Crippen molar-refractivity contribution in [2.45, 2.75) is 25.5 Å². The zero-order valence-electron chi connectivity index (χ0n) is 14.6. The highest BCUT2D eigenvalue weighted by Crippen LogP contribution is 2.37. The second kappa shape index (κ2) is 6.02. The molecule has 0 radical (unpaired) electrons. The number of anilines is 2. The van der Waals surface area contributed by atoms with Gasteiger partial charge in [-0.05, 0) is 37.1 Å². The van der Waals surface area contributed by atoms with Crippen molar-refractivity contribution in [3.8, 4) is 5.75 Å². The van der Waals surface area contributed by atoms with E-state index in [1.54, 1.807) is 29.2 Å². The molecule has 2 aromatic rings. The number of hydrogen-bond acceptors (Lipinski definition) is 4. The lowest BCUT2D eigenvalue weighted by atomic mass is 10.1. The standard InChI is InChI=1S/C19H20N2O4S/c1-13-11-14-7-3-4-8-15(14)21(13)19(22)18-12-20(26(2,23)24)16-9-5-6-10-17(16)25-18/h3-10,13,18H,11-12H2,1-2H3/t13-,18-/m0/s1. The van der Waals surface area contributed by atoms with Crippen molar-refractivity contribution in [3.05, 3.63) is 54.1 Å². The Labute approximate surface area is 153 Å². The number of ether oxygens (including phenoxy) is 1. The monoisotopic (exact) mass is 372 g/mol. The highest BCUT2D eigenvalue weighted by molar-refractivity contribution is 7.92. The summed E-state index contributed by atoms with van der Waals surface area (Å²) >= 11 is 0.